The van der Waals surface area contributed by atoms with E-state index in [1.54, 1.807) is 11.8 Å². The molecule has 1 saturated carbocycles. The molecule has 0 radical (unpaired) electrons. The molecule has 0 bridgehead atoms. The Bertz CT molecular complexity index is 521. The predicted molar refractivity (Wildman–Crippen MR) is 93.2 cm³/mol. The Kier molecular flexibility index (Phi) is 6.18. The highest BCUT2D eigenvalue weighted by molar-refractivity contribution is 8.00. The third-order valence-electron chi connectivity index (χ3n) is 4.14. The van der Waals surface area contributed by atoms with Crippen LogP contribution in [-0.2, 0) is 10.5 Å². The molecule has 5 heteroatoms. The fourth-order valence-electron chi connectivity index (χ4n) is 2.56. The van der Waals surface area contributed by atoms with Crippen LogP contribution in [0.4, 0.5) is 0 Å². The molecule has 0 unspecified atom stereocenters. The first-order valence-corrected chi connectivity index (χ1v) is 9.13. The molecule has 22 heavy (non-hydrogen) atoms. The molecule has 0 spiro atoms. The highest BCUT2D eigenvalue weighted by atomic mass is 35.5. The summed E-state index contributed by atoms with van der Waals surface area (Å²) in [5.74, 6) is 0.670. The lowest BCUT2D eigenvalue weighted by atomic mass is 9.92. The fourth-order valence-corrected chi connectivity index (χ4v) is 3.80. The van der Waals surface area contributed by atoms with E-state index in [-0.39, 0.29) is 11.9 Å². The number of thioether (sulfide) groups is 1. The van der Waals surface area contributed by atoms with Gasteiger partial charge in [0.15, 0.2) is 0 Å². The summed E-state index contributed by atoms with van der Waals surface area (Å²) in [5, 5.41) is 13.7. The maximum absolute atomic E-state index is 12.5. The number of aliphatic hydroxyl groups excluding tert-OH is 1. The van der Waals surface area contributed by atoms with Crippen LogP contribution in [0.3, 0.4) is 0 Å². The van der Waals surface area contributed by atoms with Crippen LogP contribution in [0.2, 0.25) is 5.02 Å². The van der Waals surface area contributed by atoms with E-state index in [1.807, 2.05) is 38.1 Å². The molecule has 1 amide bonds. The lowest BCUT2D eigenvalue weighted by Crippen LogP contribution is -2.50. The Balaban J connectivity index is 1.91. The Morgan fingerprint density at radius 2 is 2.05 bits per heavy atom. The normalized spacial score (nSPS) is 22.4. The van der Waals surface area contributed by atoms with Gasteiger partial charge in [-0.3, -0.25) is 4.79 Å². The standard InChI is InChI=1S/C17H24ClNO2S/c1-17(2,22-11-12-7-3-4-8-13(12)18)16(21)19-14-9-5-6-10-15(14)20/h3-4,7-8,14-15,20H,5-6,9-11H2,1-2H3,(H,19,21)/t14-,15-/m1/s1. The summed E-state index contributed by atoms with van der Waals surface area (Å²) in [5.41, 5.74) is 1.03. The number of carbonyl (C=O) groups is 1. The van der Waals surface area contributed by atoms with E-state index in [1.165, 1.54) is 0 Å². The summed E-state index contributed by atoms with van der Waals surface area (Å²) in [6.45, 7) is 3.83. The molecular weight excluding hydrogens is 318 g/mol. The van der Waals surface area contributed by atoms with Gasteiger partial charge in [-0.2, -0.15) is 0 Å². The van der Waals surface area contributed by atoms with E-state index in [0.717, 1.165) is 36.3 Å². The number of carbonyl (C=O) groups excluding carboxylic acids is 1. The van der Waals surface area contributed by atoms with Gasteiger partial charge in [0.1, 0.15) is 0 Å². The minimum atomic E-state index is -0.559. The second-order valence-corrected chi connectivity index (χ2v) is 8.33. The number of amides is 1. The van der Waals surface area contributed by atoms with Gasteiger partial charge in [-0.1, -0.05) is 42.6 Å². The quantitative estimate of drug-likeness (QED) is 0.857. The van der Waals surface area contributed by atoms with Gasteiger partial charge in [-0.15, -0.1) is 11.8 Å². The van der Waals surface area contributed by atoms with Gasteiger partial charge in [0.25, 0.3) is 0 Å². The second-order valence-electron chi connectivity index (χ2n) is 6.32. The van der Waals surface area contributed by atoms with Crippen LogP contribution < -0.4 is 5.32 Å². The SMILES string of the molecule is CC(C)(SCc1ccccc1Cl)C(=O)N[C@@H]1CCCC[C@H]1O. The summed E-state index contributed by atoms with van der Waals surface area (Å²) in [6.07, 6.45) is 3.33. The molecule has 2 atom stereocenters. The van der Waals surface area contributed by atoms with Gasteiger partial charge in [0.05, 0.1) is 16.9 Å². The van der Waals surface area contributed by atoms with Crippen molar-refractivity contribution in [3.63, 3.8) is 0 Å². The molecule has 1 aromatic carbocycles. The molecule has 1 aliphatic rings. The number of nitrogens with one attached hydrogen (secondary N) is 1. The zero-order valence-electron chi connectivity index (χ0n) is 13.1. The van der Waals surface area contributed by atoms with Crippen LogP contribution in [-0.4, -0.2) is 27.9 Å². The van der Waals surface area contributed by atoms with Gasteiger partial charge in [0, 0.05) is 10.8 Å². The first-order chi connectivity index (χ1) is 10.4. The van der Waals surface area contributed by atoms with E-state index in [4.69, 9.17) is 11.6 Å². The summed E-state index contributed by atoms with van der Waals surface area (Å²) in [6, 6.07) is 7.59. The van der Waals surface area contributed by atoms with Crippen molar-refractivity contribution in [2.75, 3.05) is 0 Å². The van der Waals surface area contributed by atoms with Crippen LogP contribution in [0.15, 0.2) is 24.3 Å². The first kappa shape index (κ1) is 17.6. The molecular formula is C17H24ClNO2S. The molecule has 2 rings (SSSR count). The zero-order valence-corrected chi connectivity index (χ0v) is 14.7. The topological polar surface area (TPSA) is 49.3 Å². The Hall–Kier alpha value is -0.710. The van der Waals surface area contributed by atoms with Crippen molar-refractivity contribution < 1.29 is 9.90 Å². The van der Waals surface area contributed by atoms with Gasteiger partial charge in [0.2, 0.25) is 5.91 Å². The van der Waals surface area contributed by atoms with Gasteiger partial charge in [-0.25, -0.2) is 0 Å². The van der Waals surface area contributed by atoms with Crippen molar-refractivity contribution in [2.24, 2.45) is 0 Å². The largest absolute Gasteiger partial charge is 0.391 e. The smallest absolute Gasteiger partial charge is 0.235 e. The molecule has 2 N–H and O–H groups in total. The molecule has 122 valence electrons. The number of rotatable bonds is 5. The average molecular weight is 342 g/mol. The van der Waals surface area contributed by atoms with Crippen LogP contribution >= 0.6 is 23.4 Å². The van der Waals surface area contributed by atoms with Gasteiger partial charge < -0.3 is 10.4 Å². The number of hydrogen-bond donors (Lipinski definition) is 2. The maximum atomic E-state index is 12.5. The molecule has 1 aliphatic carbocycles. The van der Waals surface area contributed by atoms with Gasteiger partial charge in [-0.05, 0) is 38.3 Å². The molecule has 0 aromatic heterocycles. The van der Waals surface area contributed by atoms with Crippen molar-refractivity contribution in [1.29, 1.82) is 0 Å². The number of aliphatic hydroxyl groups is 1. The van der Waals surface area contributed by atoms with Crippen LogP contribution in [0.5, 0.6) is 0 Å². The predicted octanol–water partition coefficient (Wildman–Crippen LogP) is 3.77. The van der Waals surface area contributed by atoms with Crippen LogP contribution in [0.25, 0.3) is 0 Å². The van der Waals surface area contributed by atoms with Crippen molar-refractivity contribution >= 4 is 29.3 Å². The van der Waals surface area contributed by atoms with E-state index in [2.05, 4.69) is 5.32 Å². The monoisotopic (exact) mass is 341 g/mol. The molecule has 1 aromatic rings. The minimum Gasteiger partial charge on any atom is -0.391 e. The first-order valence-electron chi connectivity index (χ1n) is 7.76. The Labute approximate surface area is 141 Å². The highest BCUT2D eigenvalue weighted by Gasteiger charge is 2.32. The van der Waals surface area contributed by atoms with Gasteiger partial charge >= 0.3 is 0 Å². The summed E-state index contributed by atoms with van der Waals surface area (Å²) in [4.78, 5) is 12.5. The number of benzene rings is 1. The average Bonchev–Trinajstić information content (AvgIpc) is 2.49. The van der Waals surface area contributed by atoms with E-state index in [0.29, 0.717) is 5.75 Å². The molecule has 3 nitrogen and oxygen atoms in total. The third kappa shape index (κ3) is 4.64. The summed E-state index contributed by atoms with van der Waals surface area (Å²) >= 11 is 7.73. The lowest BCUT2D eigenvalue weighted by Gasteiger charge is -2.32. The van der Waals surface area contributed by atoms with Crippen molar-refractivity contribution in [3.05, 3.63) is 34.9 Å². The summed E-state index contributed by atoms with van der Waals surface area (Å²) in [7, 11) is 0. The maximum Gasteiger partial charge on any atom is 0.235 e. The Morgan fingerprint density at radius 3 is 2.73 bits per heavy atom. The van der Waals surface area contributed by atoms with E-state index < -0.39 is 10.9 Å². The van der Waals surface area contributed by atoms with Crippen molar-refractivity contribution in [1.82, 2.24) is 5.32 Å². The lowest BCUT2D eigenvalue weighted by molar-refractivity contribution is -0.124. The molecule has 0 heterocycles. The minimum absolute atomic E-state index is 0.0181. The number of halogens is 1. The van der Waals surface area contributed by atoms with E-state index in [9.17, 15) is 9.90 Å². The summed E-state index contributed by atoms with van der Waals surface area (Å²) < 4.78 is -0.559. The van der Waals surface area contributed by atoms with Crippen molar-refractivity contribution in [3.8, 4) is 0 Å². The zero-order chi connectivity index (χ0) is 16.2. The third-order valence-corrected chi connectivity index (χ3v) is 5.87. The molecule has 0 aliphatic heterocycles. The fraction of sp³-hybridized carbons (Fsp3) is 0.588. The Morgan fingerprint density at radius 1 is 1.36 bits per heavy atom. The second kappa shape index (κ2) is 7.71. The van der Waals surface area contributed by atoms with E-state index >= 15 is 0 Å². The van der Waals surface area contributed by atoms with Crippen LogP contribution in [0.1, 0.15) is 45.1 Å². The highest BCUT2D eigenvalue weighted by Crippen LogP contribution is 2.31. The van der Waals surface area contributed by atoms with Crippen molar-refractivity contribution in [2.45, 2.75) is 62.2 Å². The van der Waals surface area contributed by atoms with Crippen LogP contribution in [0, 0.1) is 0 Å². The molecule has 0 saturated heterocycles. The molecule has 1 fully saturated rings. The number of hydrogen-bond acceptors (Lipinski definition) is 3.